The zero-order valence-corrected chi connectivity index (χ0v) is 14.3. The van der Waals surface area contributed by atoms with Crippen LogP contribution in [0.25, 0.3) is 0 Å². The van der Waals surface area contributed by atoms with Gasteiger partial charge in [-0.2, -0.15) is 0 Å². The van der Waals surface area contributed by atoms with E-state index < -0.39 is 10.0 Å². The molecule has 0 aliphatic carbocycles. The number of sulfonamides is 1. The van der Waals surface area contributed by atoms with E-state index >= 15 is 0 Å². The Kier molecular flexibility index (Phi) is 9.27. The fraction of sp³-hybridized carbons (Fsp3) is 0.533. The molecule has 4 N–H and O–H groups in total. The zero-order chi connectivity index (χ0) is 17.0. The molecule has 0 unspecified atom stereocenters. The molecule has 0 radical (unpaired) electrons. The molecule has 7 nitrogen and oxygen atoms in total. The minimum absolute atomic E-state index is 0.0605. The summed E-state index contributed by atoms with van der Waals surface area (Å²) in [6.07, 6.45) is 0.785. The van der Waals surface area contributed by atoms with Crippen LogP contribution < -0.4 is 15.8 Å². The lowest BCUT2D eigenvalue weighted by Crippen LogP contribution is -2.38. The number of nitrogens with zero attached hydrogens (tertiary/aromatic N) is 1. The van der Waals surface area contributed by atoms with Crippen molar-refractivity contribution in [3.63, 3.8) is 0 Å². The molecule has 23 heavy (non-hydrogen) atoms. The van der Waals surface area contributed by atoms with Gasteiger partial charge in [0.05, 0.1) is 5.75 Å². The minimum atomic E-state index is -3.35. The summed E-state index contributed by atoms with van der Waals surface area (Å²) in [6, 6.07) is 9.36. The molecule has 0 amide bonds. The van der Waals surface area contributed by atoms with Crippen molar-refractivity contribution in [1.29, 1.82) is 0 Å². The van der Waals surface area contributed by atoms with Crippen molar-refractivity contribution in [2.75, 3.05) is 32.1 Å². The number of nitrogens with one attached hydrogen (secondary N) is 2. The molecular formula is C15H26N4O3S. The largest absolute Gasteiger partial charge is 0.382 e. The van der Waals surface area contributed by atoms with Crippen molar-refractivity contribution in [2.24, 2.45) is 10.7 Å². The monoisotopic (exact) mass is 342 g/mol. The number of benzene rings is 1. The van der Waals surface area contributed by atoms with E-state index in [1.54, 1.807) is 0 Å². The SMILES string of the molecule is CCOCCCN=C(N)NCCS(=O)(=O)NCc1ccccc1. The highest BCUT2D eigenvalue weighted by Crippen LogP contribution is 1.98. The molecule has 130 valence electrons. The van der Waals surface area contributed by atoms with Crippen LogP contribution in [0.1, 0.15) is 18.9 Å². The number of aliphatic imine (C=N–C) groups is 1. The number of hydrogen-bond acceptors (Lipinski definition) is 4. The molecule has 0 spiro atoms. The Labute approximate surface area is 138 Å². The lowest BCUT2D eigenvalue weighted by atomic mass is 10.2. The Morgan fingerprint density at radius 2 is 2.04 bits per heavy atom. The molecule has 0 fully saturated rings. The van der Waals surface area contributed by atoms with Gasteiger partial charge >= 0.3 is 0 Å². The van der Waals surface area contributed by atoms with Gasteiger partial charge in [-0.3, -0.25) is 4.99 Å². The molecule has 0 aliphatic rings. The molecule has 0 heterocycles. The van der Waals surface area contributed by atoms with Gasteiger partial charge < -0.3 is 15.8 Å². The fourth-order valence-corrected chi connectivity index (χ4v) is 2.64. The van der Waals surface area contributed by atoms with Crippen LogP contribution in [-0.4, -0.2) is 46.4 Å². The molecule has 0 atom stereocenters. The van der Waals surface area contributed by atoms with Crippen LogP contribution in [0.15, 0.2) is 35.3 Å². The first-order valence-corrected chi connectivity index (χ1v) is 9.31. The average Bonchev–Trinajstić information content (AvgIpc) is 2.54. The first kappa shape index (κ1) is 19.4. The number of nitrogens with two attached hydrogens (primary N) is 1. The average molecular weight is 342 g/mol. The highest BCUT2D eigenvalue weighted by atomic mass is 32.2. The summed E-state index contributed by atoms with van der Waals surface area (Å²) in [6.45, 7) is 4.31. The van der Waals surface area contributed by atoms with Crippen LogP contribution in [0.4, 0.5) is 0 Å². The molecule has 0 saturated heterocycles. The van der Waals surface area contributed by atoms with Crippen molar-refractivity contribution >= 4 is 16.0 Å². The smallest absolute Gasteiger partial charge is 0.213 e. The van der Waals surface area contributed by atoms with E-state index in [2.05, 4.69) is 15.0 Å². The third-order valence-corrected chi connectivity index (χ3v) is 4.27. The van der Waals surface area contributed by atoms with E-state index in [4.69, 9.17) is 10.5 Å². The fourth-order valence-electron chi connectivity index (χ4n) is 1.74. The normalized spacial score (nSPS) is 12.3. The van der Waals surface area contributed by atoms with E-state index in [0.29, 0.717) is 19.8 Å². The van der Waals surface area contributed by atoms with Crippen molar-refractivity contribution in [3.05, 3.63) is 35.9 Å². The minimum Gasteiger partial charge on any atom is -0.382 e. The van der Waals surface area contributed by atoms with E-state index in [0.717, 1.165) is 12.0 Å². The topological polar surface area (TPSA) is 106 Å². The van der Waals surface area contributed by atoms with Gasteiger partial charge in [0.2, 0.25) is 10.0 Å². The van der Waals surface area contributed by atoms with Crippen molar-refractivity contribution in [2.45, 2.75) is 19.9 Å². The third-order valence-electron chi connectivity index (χ3n) is 2.95. The van der Waals surface area contributed by atoms with Gasteiger partial charge in [-0.15, -0.1) is 0 Å². The molecular weight excluding hydrogens is 316 g/mol. The van der Waals surface area contributed by atoms with E-state index in [-0.39, 0.29) is 24.8 Å². The van der Waals surface area contributed by atoms with E-state index in [1.807, 2.05) is 37.3 Å². The van der Waals surface area contributed by atoms with Crippen LogP contribution in [0.3, 0.4) is 0 Å². The first-order chi connectivity index (χ1) is 11.0. The van der Waals surface area contributed by atoms with Gasteiger partial charge in [0.1, 0.15) is 0 Å². The van der Waals surface area contributed by atoms with Gasteiger partial charge in [0.25, 0.3) is 0 Å². The van der Waals surface area contributed by atoms with Crippen LogP contribution in [-0.2, 0) is 21.3 Å². The summed E-state index contributed by atoms with van der Waals surface area (Å²) in [5.41, 5.74) is 6.58. The van der Waals surface area contributed by atoms with E-state index in [9.17, 15) is 8.42 Å². The molecule has 1 aromatic rings. The molecule has 0 aromatic heterocycles. The predicted molar refractivity (Wildman–Crippen MR) is 92.7 cm³/mol. The molecule has 8 heteroatoms. The second-order valence-corrected chi connectivity index (χ2v) is 6.80. The first-order valence-electron chi connectivity index (χ1n) is 7.66. The van der Waals surface area contributed by atoms with Crippen molar-refractivity contribution < 1.29 is 13.2 Å². The van der Waals surface area contributed by atoms with Crippen LogP contribution in [0.2, 0.25) is 0 Å². The quantitative estimate of drug-likeness (QED) is 0.307. The summed E-state index contributed by atoms with van der Waals surface area (Å²) in [5.74, 6) is 0.189. The third kappa shape index (κ3) is 9.88. The van der Waals surface area contributed by atoms with Crippen molar-refractivity contribution in [1.82, 2.24) is 10.0 Å². The Morgan fingerprint density at radius 1 is 1.30 bits per heavy atom. The highest BCUT2D eigenvalue weighted by molar-refractivity contribution is 7.89. The van der Waals surface area contributed by atoms with Gasteiger partial charge in [0.15, 0.2) is 5.96 Å². The molecule has 0 bridgehead atoms. The van der Waals surface area contributed by atoms with Gasteiger partial charge in [-0.05, 0) is 18.9 Å². The molecule has 0 saturated carbocycles. The maximum absolute atomic E-state index is 11.9. The molecule has 1 aromatic carbocycles. The van der Waals surface area contributed by atoms with Crippen LogP contribution >= 0.6 is 0 Å². The van der Waals surface area contributed by atoms with Gasteiger partial charge in [-0.1, -0.05) is 30.3 Å². The highest BCUT2D eigenvalue weighted by Gasteiger charge is 2.09. The summed E-state index contributed by atoms with van der Waals surface area (Å²) >= 11 is 0. The second kappa shape index (κ2) is 11.0. The lowest BCUT2D eigenvalue weighted by Gasteiger charge is -2.08. The number of guanidine groups is 1. The maximum Gasteiger partial charge on any atom is 0.213 e. The van der Waals surface area contributed by atoms with E-state index in [1.165, 1.54) is 0 Å². The summed E-state index contributed by atoms with van der Waals surface area (Å²) < 4.78 is 31.5. The van der Waals surface area contributed by atoms with Gasteiger partial charge in [-0.25, -0.2) is 13.1 Å². The number of ether oxygens (including phenoxy) is 1. The maximum atomic E-state index is 11.9. The summed E-state index contributed by atoms with van der Waals surface area (Å²) in [7, 11) is -3.35. The number of hydrogen-bond donors (Lipinski definition) is 3. The number of rotatable bonds is 11. The van der Waals surface area contributed by atoms with Crippen LogP contribution in [0.5, 0.6) is 0 Å². The molecule has 0 aliphatic heterocycles. The molecule has 1 rings (SSSR count). The Morgan fingerprint density at radius 3 is 2.74 bits per heavy atom. The second-order valence-electron chi connectivity index (χ2n) is 4.87. The zero-order valence-electron chi connectivity index (χ0n) is 13.5. The standard InChI is InChI=1S/C15H26N4O3S/c1-2-22-11-6-9-17-15(16)18-10-12-23(20,21)19-13-14-7-4-3-5-8-14/h3-5,7-8,19H,2,6,9-13H2,1H3,(H3,16,17,18). The predicted octanol–water partition coefficient (Wildman–Crippen LogP) is 0.437. The summed E-state index contributed by atoms with van der Waals surface area (Å²) in [5, 5.41) is 2.80. The Bertz CT molecular complexity index is 561. The Balaban J connectivity index is 2.21. The van der Waals surface area contributed by atoms with Crippen LogP contribution in [0, 0.1) is 0 Å². The lowest BCUT2D eigenvalue weighted by molar-refractivity contribution is 0.146. The van der Waals surface area contributed by atoms with Crippen molar-refractivity contribution in [3.8, 4) is 0 Å². The summed E-state index contributed by atoms with van der Waals surface area (Å²) in [4.78, 5) is 4.10. The Hall–Kier alpha value is -1.64. The van der Waals surface area contributed by atoms with Gasteiger partial charge in [0, 0.05) is 32.8 Å².